The molecule has 0 bridgehead atoms. The van der Waals surface area contributed by atoms with Crippen molar-refractivity contribution in [1.82, 2.24) is 0 Å². The van der Waals surface area contributed by atoms with Crippen LogP contribution in [0.3, 0.4) is 0 Å². The average molecular weight is 278 g/mol. The van der Waals surface area contributed by atoms with Crippen molar-refractivity contribution < 1.29 is 14.3 Å². The molecule has 3 rings (SSSR count). The van der Waals surface area contributed by atoms with Crippen molar-refractivity contribution in [3.63, 3.8) is 0 Å². The van der Waals surface area contributed by atoms with Gasteiger partial charge in [-0.1, -0.05) is 42.0 Å². The van der Waals surface area contributed by atoms with Gasteiger partial charge in [0.25, 0.3) is 0 Å². The highest BCUT2D eigenvalue weighted by molar-refractivity contribution is 5.96. The van der Waals surface area contributed by atoms with Crippen LogP contribution in [-0.2, 0) is 4.79 Å². The summed E-state index contributed by atoms with van der Waals surface area (Å²) in [7, 11) is 0. The van der Waals surface area contributed by atoms with Crippen molar-refractivity contribution in [3.8, 4) is 0 Å². The van der Waals surface area contributed by atoms with Crippen molar-refractivity contribution >= 4 is 22.5 Å². The number of aliphatic carboxylic acids is 1. The molecule has 0 saturated heterocycles. The molecule has 0 spiro atoms. The van der Waals surface area contributed by atoms with E-state index in [0.717, 1.165) is 22.1 Å². The van der Waals surface area contributed by atoms with E-state index in [0.29, 0.717) is 11.3 Å². The first-order valence-electron chi connectivity index (χ1n) is 6.64. The molecule has 0 fully saturated rings. The Labute approximate surface area is 122 Å². The van der Waals surface area contributed by atoms with Gasteiger partial charge in [-0.15, -0.1) is 0 Å². The third-order valence-electron chi connectivity index (χ3n) is 3.29. The highest BCUT2D eigenvalue weighted by atomic mass is 16.4. The number of aryl methyl sites for hydroxylation is 1. The number of carboxylic acids is 1. The fourth-order valence-corrected chi connectivity index (χ4v) is 2.33. The molecule has 2 aromatic carbocycles. The van der Waals surface area contributed by atoms with Gasteiger partial charge in [0.05, 0.1) is 0 Å². The Morgan fingerprint density at radius 3 is 2.57 bits per heavy atom. The first kappa shape index (κ1) is 13.2. The molecule has 3 aromatic rings. The zero-order valence-corrected chi connectivity index (χ0v) is 11.5. The van der Waals surface area contributed by atoms with Gasteiger partial charge in [0.1, 0.15) is 11.3 Å². The Kier molecular flexibility index (Phi) is 3.32. The van der Waals surface area contributed by atoms with Crippen LogP contribution in [0.15, 0.2) is 65.1 Å². The number of hydrogen-bond donors (Lipinski definition) is 1. The molecule has 0 atom stereocenters. The Morgan fingerprint density at radius 2 is 1.86 bits per heavy atom. The Hall–Kier alpha value is -2.81. The summed E-state index contributed by atoms with van der Waals surface area (Å²) >= 11 is 0. The van der Waals surface area contributed by atoms with Crippen LogP contribution in [0, 0.1) is 6.92 Å². The molecule has 0 radical (unpaired) electrons. The fourth-order valence-electron chi connectivity index (χ4n) is 2.33. The summed E-state index contributed by atoms with van der Waals surface area (Å²) in [5.41, 5.74) is 3.27. The molecule has 0 aliphatic rings. The fraction of sp³-hybridized carbons (Fsp3) is 0.0556. The molecule has 0 unspecified atom stereocenters. The average Bonchev–Trinajstić information content (AvgIpc) is 2.88. The van der Waals surface area contributed by atoms with E-state index in [1.165, 1.54) is 6.08 Å². The van der Waals surface area contributed by atoms with Gasteiger partial charge in [-0.2, -0.15) is 0 Å². The summed E-state index contributed by atoms with van der Waals surface area (Å²) in [6, 6.07) is 17.1. The van der Waals surface area contributed by atoms with E-state index in [1.54, 1.807) is 0 Å². The van der Waals surface area contributed by atoms with E-state index in [4.69, 9.17) is 9.52 Å². The smallest absolute Gasteiger partial charge is 0.329 e. The molecule has 1 N–H and O–H groups in total. The van der Waals surface area contributed by atoms with Gasteiger partial charge in [-0.3, -0.25) is 0 Å². The van der Waals surface area contributed by atoms with Gasteiger partial charge in [0, 0.05) is 17.0 Å². The topological polar surface area (TPSA) is 50.4 Å². The van der Waals surface area contributed by atoms with Crippen molar-refractivity contribution in [2.45, 2.75) is 6.92 Å². The third kappa shape index (κ3) is 2.72. The molecular formula is C18H14O3. The normalized spacial score (nSPS) is 11.8. The molecule has 0 amide bonds. The third-order valence-corrected chi connectivity index (χ3v) is 3.29. The van der Waals surface area contributed by atoms with E-state index in [1.807, 2.05) is 61.5 Å². The molecule has 0 aliphatic heterocycles. The van der Waals surface area contributed by atoms with Crippen LogP contribution in [-0.4, -0.2) is 11.1 Å². The maximum Gasteiger partial charge on any atom is 0.329 e. The lowest BCUT2D eigenvalue weighted by atomic mass is 10.0. The molecule has 0 saturated carbocycles. The largest absolute Gasteiger partial charge is 0.478 e. The van der Waals surface area contributed by atoms with Gasteiger partial charge in [-0.25, -0.2) is 4.79 Å². The summed E-state index contributed by atoms with van der Waals surface area (Å²) < 4.78 is 5.81. The molecule has 104 valence electrons. The van der Waals surface area contributed by atoms with E-state index >= 15 is 0 Å². The zero-order chi connectivity index (χ0) is 14.8. The number of carboxylic acid groups (broad SMARTS) is 1. The first-order chi connectivity index (χ1) is 10.1. The zero-order valence-electron chi connectivity index (χ0n) is 11.5. The molecule has 1 aromatic heterocycles. The van der Waals surface area contributed by atoms with Gasteiger partial charge in [0.2, 0.25) is 0 Å². The number of hydrogen-bond acceptors (Lipinski definition) is 2. The van der Waals surface area contributed by atoms with Crippen LogP contribution < -0.4 is 0 Å². The van der Waals surface area contributed by atoms with Crippen LogP contribution in [0.2, 0.25) is 0 Å². The Balaban J connectivity index is 2.17. The van der Waals surface area contributed by atoms with Gasteiger partial charge < -0.3 is 9.52 Å². The maximum absolute atomic E-state index is 11.1. The molecule has 3 heteroatoms. The quantitative estimate of drug-likeness (QED) is 0.728. The summed E-state index contributed by atoms with van der Waals surface area (Å²) in [6.07, 6.45) is 1.18. The van der Waals surface area contributed by atoms with Crippen molar-refractivity contribution in [2.24, 2.45) is 0 Å². The Bertz CT molecular complexity index is 826. The minimum atomic E-state index is -0.995. The SMILES string of the molecule is Cc1ccc2oc(/C(=C\C(=O)O)c3ccccc3)cc2c1. The van der Waals surface area contributed by atoms with Crippen molar-refractivity contribution in [2.75, 3.05) is 0 Å². The summed E-state index contributed by atoms with van der Waals surface area (Å²) in [4.78, 5) is 11.1. The second-order valence-corrected chi connectivity index (χ2v) is 4.91. The lowest BCUT2D eigenvalue weighted by Crippen LogP contribution is -1.93. The number of rotatable bonds is 3. The standard InChI is InChI=1S/C18H14O3/c1-12-7-8-16-14(9-12)10-17(21-16)15(11-18(19)20)13-5-3-2-4-6-13/h2-11H,1H3,(H,19,20)/b15-11-. The van der Waals surface area contributed by atoms with E-state index in [9.17, 15) is 4.79 Å². The van der Waals surface area contributed by atoms with Gasteiger partial charge >= 0.3 is 5.97 Å². The Morgan fingerprint density at radius 1 is 1.10 bits per heavy atom. The van der Waals surface area contributed by atoms with E-state index < -0.39 is 5.97 Å². The molecule has 21 heavy (non-hydrogen) atoms. The molecular weight excluding hydrogens is 264 g/mol. The van der Waals surface area contributed by atoms with Gasteiger partial charge in [-0.05, 0) is 30.7 Å². The van der Waals surface area contributed by atoms with Crippen molar-refractivity contribution in [1.29, 1.82) is 0 Å². The minimum absolute atomic E-state index is 0.559. The lowest BCUT2D eigenvalue weighted by molar-refractivity contribution is -0.131. The predicted molar refractivity (Wildman–Crippen MR) is 82.1 cm³/mol. The van der Waals surface area contributed by atoms with Gasteiger partial charge in [0.15, 0.2) is 0 Å². The number of carbonyl (C=O) groups is 1. The second-order valence-electron chi connectivity index (χ2n) is 4.91. The summed E-state index contributed by atoms with van der Waals surface area (Å²) in [6.45, 7) is 2.01. The number of fused-ring (bicyclic) bond motifs is 1. The molecule has 3 nitrogen and oxygen atoms in total. The number of benzene rings is 2. The second kappa shape index (κ2) is 5.29. The monoisotopic (exact) mass is 278 g/mol. The number of furan rings is 1. The predicted octanol–water partition coefficient (Wildman–Crippen LogP) is 4.26. The van der Waals surface area contributed by atoms with Crippen LogP contribution in [0.5, 0.6) is 0 Å². The maximum atomic E-state index is 11.1. The highest BCUT2D eigenvalue weighted by Gasteiger charge is 2.12. The summed E-state index contributed by atoms with van der Waals surface area (Å²) in [5, 5.41) is 10.1. The highest BCUT2D eigenvalue weighted by Crippen LogP contribution is 2.29. The first-order valence-corrected chi connectivity index (χ1v) is 6.64. The van der Waals surface area contributed by atoms with E-state index in [2.05, 4.69) is 0 Å². The molecule has 0 aliphatic carbocycles. The van der Waals surface area contributed by atoms with E-state index in [-0.39, 0.29) is 0 Å². The van der Waals surface area contributed by atoms with Crippen LogP contribution >= 0.6 is 0 Å². The van der Waals surface area contributed by atoms with Crippen LogP contribution in [0.1, 0.15) is 16.9 Å². The summed E-state index contributed by atoms with van der Waals surface area (Å²) in [5.74, 6) is -0.435. The lowest BCUT2D eigenvalue weighted by Gasteiger charge is -2.03. The molecule has 1 heterocycles. The van der Waals surface area contributed by atoms with Crippen LogP contribution in [0.25, 0.3) is 16.5 Å². The van der Waals surface area contributed by atoms with Crippen molar-refractivity contribution in [3.05, 3.63) is 77.6 Å². The van der Waals surface area contributed by atoms with Crippen LogP contribution in [0.4, 0.5) is 0 Å². The minimum Gasteiger partial charge on any atom is -0.478 e.